The van der Waals surface area contributed by atoms with Crippen LogP contribution in [0.25, 0.3) is 0 Å². The largest absolute Gasteiger partial charge is 0.389 e. The minimum atomic E-state index is 0.265. The van der Waals surface area contributed by atoms with Gasteiger partial charge in [0.15, 0.2) is 11.7 Å². The highest BCUT2D eigenvalue weighted by atomic mass is 32.1. The Hall–Kier alpha value is -2.32. The molecule has 0 aliphatic carbocycles. The molecule has 3 aromatic rings. The number of benzene rings is 1. The number of thiazole rings is 1. The van der Waals surface area contributed by atoms with Crippen molar-refractivity contribution in [3.63, 3.8) is 0 Å². The van der Waals surface area contributed by atoms with Gasteiger partial charge in [-0.2, -0.15) is 0 Å². The average Bonchev–Trinajstić information content (AvgIpc) is 3.13. The van der Waals surface area contributed by atoms with Gasteiger partial charge in [-0.1, -0.05) is 40.0 Å². The maximum absolute atomic E-state index is 5.60. The molecular formula is C14H13N5OS2. The number of oxime groups is 1. The van der Waals surface area contributed by atoms with Crippen LogP contribution in [0, 0.1) is 6.92 Å². The fourth-order valence-electron chi connectivity index (χ4n) is 1.83. The first-order valence-corrected chi connectivity index (χ1v) is 8.14. The van der Waals surface area contributed by atoms with Crippen molar-refractivity contribution in [3.05, 3.63) is 57.5 Å². The molecule has 0 fully saturated rings. The van der Waals surface area contributed by atoms with Crippen molar-refractivity contribution >= 4 is 33.7 Å². The van der Waals surface area contributed by atoms with Gasteiger partial charge in [-0.25, -0.2) is 4.98 Å². The first-order valence-electron chi connectivity index (χ1n) is 6.48. The lowest BCUT2D eigenvalue weighted by Crippen LogP contribution is -2.07. The van der Waals surface area contributed by atoms with E-state index < -0.39 is 0 Å². The molecule has 0 aliphatic heterocycles. The third kappa shape index (κ3) is 3.29. The summed E-state index contributed by atoms with van der Waals surface area (Å²) in [5.41, 5.74) is 8.67. The molecule has 112 valence electrons. The van der Waals surface area contributed by atoms with E-state index in [0.717, 1.165) is 21.8 Å². The number of nitrogens with two attached hydrogens (primary N) is 1. The first kappa shape index (κ1) is 14.6. The van der Waals surface area contributed by atoms with E-state index in [-0.39, 0.29) is 6.61 Å². The normalized spacial score (nSPS) is 11.6. The third-order valence-electron chi connectivity index (χ3n) is 2.86. The van der Waals surface area contributed by atoms with Gasteiger partial charge < -0.3 is 10.6 Å². The number of aryl methyl sites for hydroxylation is 1. The number of hydrogen-bond donors (Lipinski definition) is 1. The smallest absolute Gasteiger partial charge is 0.180 e. The molecule has 22 heavy (non-hydrogen) atoms. The van der Waals surface area contributed by atoms with Gasteiger partial charge in [0.2, 0.25) is 0 Å². The van der Waals surface area contributed by atoms with E-state index in [0.29, 0.717) is 10.8 Å². The van der Waals surface area contributed by atoms with Crippen LogP contribution in [0.4, 0.5) is 5.13 Å². The summed E-state index contributed by atoms with van der Waals surface area (Å²) in [7, 11) is 0. The lowest BCUT2D eigenvalue weighted by atomic mass is 10.1. The summed E-state index contributed by atoms with van der Waals surface area (Å²) >= 11 is 2.71. The predicted octanol–water partition coefficient (Wildman–Crippen LogP) is 2.85. The van der Waals surface area contributed by atoms with Gasteiger partial charge >= 0.3 is 0 Å². The molecule has 0 bridgehead atoms. The van der Waals surface area contributed by atoms with Crippen molar-refractivity contribution in [2.45, 2.75) is 13.5 Å². The highest BCUT2D eigenvalue weighted by Gasteiger charge is 2.14. The Balaban J connectivity index is 1.85. The maximum Gasteiger partial charge on any atom is 0.180 e. The lowest BCUT2D eigenvalue weighted by Gasteiger charge is -2.04. The zero-order valence-corrected chi connectivity index (χ0v) is 13.4. The second-order valence-corrected chi connectivity index (χ2v) is 6.28. The van der Waals surface area contributed by atoms with Crippen LogP contribution in [0.3, 0.4) is 0 Å². The summed E-state index contributed by atoms with van der Waals surface area (Å²) in [6.45, 7) is 2.22. The molecule has 2 aromatic heterocycles. The monoisotopic (exact) mass is 331 g/mol. The predicted molar refractivity (Wildman–Crippen MR) is 88.0 cm³/mol. The van der Waals surface area contributed by atoms with Crippen molar-refractivity contribution in [1.82, 2.24) is 14.6 Å². The van der Waals surface area contributed by atoms with Crippen molar-refractivity contribution in [2.75, 3.05) is 5.73 Å². The summed E-state index contributed by atoms with van der Waals surface area (Å²) in [6, 6.07) is 9.76. The fraction of sp³-hybridized carbons (Fsp3) is 0.143. The molecule has 3 rings (SSSR count). The van der Waals surface area contributed by atoms with E-state index in [1.165, 1.54) is 22.9 Å². The first-order chi connectivity index (χ1) is 10.7. The number of nitrogens with zero attached hydrogens (tertiary/aromatic N) is 4. The fourth-order valence-corrected chi connectivity index (χ4v) is 2.85. The molecule has 0 saturated heterocycles. The number of anilines is 1. The molecule has 0 spiro atoms. The van der Waals surface area contributed by atoms with Gasteiger partial charge in [0.1, 0.15) is 11.4 Å². The van der Waals surface area contributed by atoms with E-state index >= 15 is 0 Å². The van der Waals surface area contributed by atoms with E-state index in [4.69, 9.17) is 10.6 Å². The van der Waals surface area contributed by atoms with Crippen LogP contribution in [0.1, 0.15) is 21.8 Å². The van der Waals surface area contributed by atoms with Crippen LogP contribution in [0.15, 0.2) is 40.9 Å². The molecule has 0 radical (unpaired) electrons. The average molecular weight is 331 g/mol. The molecule has 2 heterocycles. The Labute approximate surface area is 135 Å². The van der Waals surface area contributed by atoms with Crippen LogP contribution >= 0.6 is 22.9 Å². The standard InChI is InChI=1S/C14H13N5OS2/c1-9-12(17-19-22-9)13(10-5-3-2-4-6-10)18-20-7-11-8-21-14(15)16-11/h2-6,8H,7H2,1H3,(H2,15,16)/b18-13-. The van der Waals surface area contributed by atoms with Crippen LogP contribution in [0.5, 0.6) is 0 Å². The van der Waals surface area contributed by atoms with Crippen LogP contribution in [-0.4, -0.2) is 20.3 Å². The van der Waals surface area contributed by atoms with E-state index in [9.17, 15) is 0 Å². The van der Waals surface area contributed by atoms with Gasteiger partial charge in [-0.05, 0) is 18.5 Å². The van der Waals surface area contributed by atoms with Gasteiger partial charge in [-0.3, -0.25) is 0 Å². The Morgan fingerprint density at radius 3 is 2.77 bits per heavy atom. The second-order valence-electron chi connectivity index (χ2n) is 4.43. The van der Waals surface area contributed by atoms with Crippen molar-refractivity contribution in [2.24, 2.45) is 5.16 Å². The molecule has 6 nitrogen and oxygen atoms in total. The van der Waals surface area contributed by atoms with Crippen molar-refractivity contribution in [1.29, 1.82) is 0 Å². The molecule has 0 unspecified atom stereocenters. The minimum absolute atomic E-state index is 0.265. The quantitative estimate of drug-likeness (QED) is 0.574. The topological polar surface area (TPSA) is 86.3 Å². The number of hydrogen-bond acceptors (Lipinski definition) is 8. The van der Waals surface area contributed by atoms with Crippen LogP contribution in [0.2, 0.25) is 0 Å². The van der Waals surface area contributed by atoms with Crippen molar-refractivity contribution < 1.29 is 4.84 Å². The second kappa shape index (κ2) is 6.63. The molecule has 2 N–H and O–H groups in total. The van der Waals surface area contributed by atoms with E-state index in [1.807, 2.05) is 42.6 Å². The summed E-state index contributed by atoms with van der Waals surface area (Å²) in [4.78, 5) is 10.6. The van der Waals surface area contributed by atoms with Crippen molar-refractivity contribution in [3.8, 4) is 0 Å². The summed E-state index contributed by atoms with van der Waals surface area (Å²) in [6.07, 6.45) is 0. The Morgan fingerprint density at radius 1 is 1.32 bits per heavy atom. The zero-order chi connectivity index (χ0) is 15.4. The van der Waals surface area contributed by atoms with Gasteiger partial charge in [-0.15, -0.1) is 16.4 Å². The molecular weight excluding hydrogens is 318 g/mol. The molecule has 0 saturated carbocycles. The van der Waals surface area contributed by atoms with E-state index in [1.54, 1.807) is 0 Å². The number of aromatic nitrogens is 3. The van der Waals surface area contributed by atoms with Crippen LogP contribution < -0.4 is 5.73 Å². The summed E-state index contributed by atoms with van der Waals surface area (Å²) < 4.78 is 3.97. The highest BCUT2D eigenvalue weighted by Crippen LogP contribution is 2.16. The van der Waals surface area contributed by atoms with Gasteiger partial charge in [0, 0.05) is 10.9 Å². The Morgan fingerprint density at radius 2 is 2.14 bits per heavy atom. The third-order valence-corrected chi connectivity index (χ3v) is 4.21. The van der Waals surface area contributed by atoms with Gasteiger partial charge in [0.05, 0.1) is 10.6 Å². The number of rotatable bonds is 5. The molecule has 1 aromatic carbocycles. The highest BCUT2D eigenvalue weighted by molar-refractivity contribution is 7.13. The lowest BCUT2D eigenvalue weighted by molar-refractivity contribution is 0.128. The molecule has 0 amide bonds. The van der Waals surface area contributed by atoms with Gasteiger partial charge in [0.25, 0.3) is 0 Å². The summed E-state index contributed by atoms with van der Waals surface area (Å²) in [5, 5.41) is 10.8. The molecule has 0 aliphatic rings. The van der Waals surface area contributed by atoms with Crippen LogP contribution in [-0.2, 0) is 11.4 Å². The minimum Gasteiger partial charge on any atom is -0.389 e. The number of nitrogen functional groups attached to an aromatic ring is 1. The zero-order valence-electron chi connectivity index (χ0n) is 11.8. The molecule has 0 atom stereocenters. The SMILES string of the molecule is Cc1snnc1/C(=N\OCc1csc(N)n1)c1ccccc1. The maximum atomic E-state index is 5.60. The summed E-state index contributed by atoms with van der Waals surface area (Å²) in [5.74, 6) is 0. The van der Waals surface area contributed by atoms with E-state index in [2.05, 4.69) is 19.7 Å². The Bertz CT molecular complexity index is 781. The molecule has 8 heteroatoms. The Kier molecular flexibility index (Phi) is 4.40.